The van der Waals surface area contributed by atoms with Crippen molar-refractivity contribution in [1.82, 2.24) is 15.6 Å². The highest BCUT2D eigenvalue weighted by Crippen LogP contribution is 2.28. The molecule has 3 aromatic rings. The summed E-state index contributed by atoms with van der Waals surface area (Å²) in [6.45, 7) is 12.3. The number of amides is 2. The van der Waals surface area contributed by atoms with Crippen LogP contribution in [0.4, 0.5) is 5.69 Å². The Hall–Kier alpha value is -3.36. The van der Waals surface area contributed by atoms with Crippen LogP contribution in [0, 0.1) is 0 Å². The van der Waals surface area contributed by atoms with Crippen molar-refractivity contribution in [2.24, 2.45) is 0 Å². The number of rotatable bonds is 10. The fourth-order valence-corrected chi connectivity index (χ4v) is 4.84. The van der Waals surface area contributed by atoms with Gasteiger partial charge in [-0.05, 0) is 95.5 Å². The molecule has 208 valence electrons. The molecule has 2 amide bonds. The molecular weight excluding hydrogens is 508 g/mol. The zero-order valence-electron chi connectivity index (χ0n) is 23.7. The molecule has 7 nitrogen and oxygen atoms in total. The Morgan fingerprint density at radius 1 is 0.872 bits per heavy atom. The van der Waals surface area contributed by atoms with Crippen molar-refractivity contribution in [3.63, 3.8) is 0 Å². The van der Waals surface area contributed by atoms with E-state index in [-0.39, 0.29) is 17.4 Å². The van der Waals surface area contributed by atoms with Crippen molar-refractivity contribution in [3.8, 4) is 0 Å². The van der Waals surface area contributed by atoms with Crippen molar-refractivity contribution in [1.29, 1.82) is 0 Å². The SMILES string of the molecule is CC(C)(C)NC(=O)c1ccccc1CC(O)CSc1ccc(NCc2ccncc2)cc1C(=O)NC(C)(C)C. The van der Waals surface area contributed by atoms with E-state index < -0.39 is 11.6 Å². The summed E-state index contributed by atoms with van der Waals surface area (Å²) in [6.07, 6.45) is 3.12. The smallest absolute Gasteiger partial charge is 0.252 e. The van der Waals surface area contributed by atoms with Gasteiger partial charge >= 0.3 is 0 Å². The second-order valence-corrected chi connectivity index (χ2v) is 12.7. The van der Waals surface area contributed by atoms with E-state index in [2.05, 4.69) is 20.9 Å². The van der Waals surface area contributed by atoms with Crippen molar-refractivity contribution in [2.75, 3.05) is 11.1 Å². The van der Waals surface area contributed by atoms with Crippen molar-refractivity contribution >= 4 is 29.3 Å². The average molecular weight is 549 g/mol. The van der Waals surface area contributed by atoms with Crippen LogP contribution in [0.3, 0.4) is 0 Å². The lowest BCUT2D eigenvalue weighted by Crippen LogP contribution is -2.41. The van der Waals surface area contributed by atoms with Gasteiger partial charge in [-0.2, -0.15) is 0 Å². The molecule has 1 heterocycles. The fraction of sp³-hybridized carbons (Fsp3) is 0.387. The summed E-state index contributed by atoms with van der Waals surface area (Å²) in [5.74, 6) is 0.0413. The molecule has 8 heteroatoms. The van der Waals surface area contributed by atoms with Gasteiger partial charge in [-0.25, -0.2) is 0 Å². The minimum absolute atomic E-state index is 0.158. The van der Waals surface area contributed by atoms with Crippen LogP contribution in [0.5, 0.6) is 0 Å². The third-order valence-corrected chi connectivity index (χ3v) is 6.81. The van der Waals surface area contributed by atoms with Gasteiger partial charge < -0.3 is 21.1 Å². The van der Waals surface area contributed by atoms with Gasteiger partial charge in [0.15, 0.2) is 0 Å². The Labute approximate surface area is 236 Å². The van der Waals surface area contributed by atoms with Gasteiger partial charge in [-0.3, -0.25) is 14.6 Å². The summed E-state index contributed by atoms with van der Waals surface area (Å²) in [4.78, 5) is 30.8. The highest BCUT2D eigenvalue weighted by atomic mass is 32.2. The van der Waals surface area contributed by atoms with E-state index in [0.717, 1.165) is 21.7 Å². The van der Waals surface area contributed by atoms with Gasteiger partial charge in [0.05, 0.1) is 11.7 Å². The van der Waals surface area contributed by atoms with E-state index in [1.165, 1.54) is 11.8 Å². The van der Waals surface area contributed by atoms with Gasteiger partial charge in [0.25, 0.3) is 11.8 Å². The first-order valence-corrected chi connectivity index (χ1v) is 14.1. The minimum Gasteiger partial charge on any atom is -0.392 e. The molecule has 0 aliphatic rings. The van der Waals surface area contributed by atoms with E-state index in [1.807, 2.05) is 90.1 Å². The van der Waals surface area contributed by atoms with Crippen LogP contribution in [0.25, 0.3) is 0 Å². The number of aromatic nitrogens is 1. The van der Waals surface area contributed by atoms with Crippen LogP contribution in [-0.4, -0.2) is 44.8 Å². The molecule has 39 heavy (non-hydrogen) atoms. The number of carbonyl (C=O) groups is 2. The van der Waals surface area contributed by atoms with Crippen LogP contribution >= 0.6 is 11.8 Å². The van der Waals surface area contributed by atoms with Crippen LogP contribution < -0.4 is 16.0 Å². The molecule has 2 aromatic carbocycles. The zero-order valence-corrected chi connectivity index (χ0v) is 24.5. The van der Waals surface area contributed by atoms with Crippen LogP contribution in [-0.2, 0) is 13.0 Å². The molecule has 4 N–H and O–H groups in total. The van der Waals surface area contributed by atoms with E-state index in [9.17, 15) is 14.7 Å². The Balaban J connectivity index is 1.73. The highest BCUT2D eigenvalue weighted by Gasteiger charge is 2.21. The van der Waals surface area contributed by atoms with Crippen molar-refractivity contribution in [2.45, 2.75) is 76.6 Å². The number of benzene rings is 2. The number of aliphatic hydroxyl groups is 1. The molecule has 1 unspecified atom stereocenters. The molecule has 0 bridgehead atoms. The summed E-state index contributed by atoms with van der Waals surface area (Å²) in [5.41, 5.74) is 3.06. The zero-order chi connectivity index (χ0) is 28.6. The first-order chi connectivity index (χ1) is 18.3. The van der Waals surface area contributed by atoms with E-state index in [1.54, 1.807) is 18.5 Å². The molecule has 0 fully saturated rings. The Bertz CT molecular complexity index is 1270. The number of hydrogen-bond donors (Lipinski definition) is 4. The highest BCUT2D eigenvalue weighted by molar-refractivity contribution is 7.99. The van der Waals surface area contributed by atoms with Crippen molar-refractivity contribution in [3.05, 3.63) is 89.2 Å². The van der Waals surface area contributed by atoms with Crippen LogP contribution in [0.2, 0.25) is 0 Å². The summed E-state index contributed by atoms with van der Waals surface area (Å²) in [5, 5.41) is 20.3. The summed E-state index contributed by atoms with van der Waals surface area (Å²) in [6, 6.07) is 16.9. The molecule has 0 aliphatic heterocycles. The van der Waals surface area contributed by atoms with Gasteiger partial charge in [0.1, 0.15) is 0 Å². The Morgan fingerprint density at radius 2 is 1.49 bits per heavy atom. The van der Waals surface area contributed by atoms with E-state index in [0.29, 0.717) is 29.8 Å². The number of nitrogens with one attached hydrogen (secondary N) is 3. The first kappa shape index (κ1) is 30.2. The topological polar surface area (TPSA) is 103 Å². The number of thioether (sulfide) groups is 1. The van der Waals surface area contributed by atoms with Gasteiger partial charge in [0.2, 0.25) is 0 Å². The van der Waals surface area contributed by atoms with E-state index >= 15 is 0 Å². The molecule has 0 radical (unpaired) electrons. The number of aliphatic hydroxyl groups excluding tert-OH is 1. The quantitative estimate of drug-likeness (QED) is 0.251. The maximum atomic E-state index is 13.2. The third-order valence-electron chi connectivity index (χ3n) is 5.60. The lowest BCUT2D eigenvalue weighted by molar-refractivity contribution is 0.0907. The molecule has 0 saturated carbocycles. The first-order valence-electron chi connectivity index (χ1n) is 13.1. The standard InChI is InChI=1S/C31H40N4O3S/c1-30(2,3)34-28(37)25-10-8-7-9-22(25)17-24(36)20-39-27-12-11-23(33-19-21-13-15-32-16-14-21)18-26(27)29(38)35-31(4,5)6/h7-16,18,24,33,36H,17,19-20H2,1-6H3,(H,34,37)(H,35,38). The molecule has 1 aromatic heterocycles. The predicted molar refractivity (Wildman–Crippen MR) is 159 cm³/mol. The summed E-state index contributed by atoms with van der Waals surface area (Å²) >= 11 is 1.43. The lowest BCUT2D eigenvalue weighted by Gasteiger charge is -2.23. The Kier molecular flexibility index (Phi) is 10.2. The molecule has 1 atom stereocenters. The molecular formula is C31H40N4O3S. The fourth-order valence-electron chi connectivity index (χ4n) is 3.88. The van der Waals surface area contributed by atoms with Crippen LogP contribution in [0.15, 0.2) is 71.9 Å². The maximum Gasteiger partial charge on any atom is 0.252 e. The summed E-state index contributed by atoms with van der Waals surface area (Å²) < 4.78 is 0. The maximum absolute atomic E-state index is 13.2. The third kappa shape index (κ3) is 10.0. The summed E-state index contributed by atoms with van der Waals surface area (Å²) in [7, 11) is 0. The predicted octanol–water partition coefficient (Wildman–Crippen LogP) is 5.45. The second kappa shape index (κ2) is 13.1. The largest absolute Gasteiger partial charge is 0.392 e. The number of nitrogens with zero attached hydrogens (tertiary/aromatic N) is 1. The van der Waals surface area contributed by atoms with Crippen molar-refractivity contribution < 1.29 is 14.7 Å². The number of hydrogen-bond acceptors (Lipinski definition) is 6. The molecule has 0 spiro atoms. The van der Waals surface area contributed by atoms with Gasteiger partial charge in [-0.15, -0.1) is 11.8 Å². The monoisotopic (exact) mass is 548 g/mol. The average Bonchev–Trinajstić information content (AvgIpc) is 2.85. The normalized spacial score (nSPS) is 12.5. The number of carbonyl (C=O) groups excluding carboxylic acids is 2. The number of anilines is 1. The van der Waals surface area contributed by atoms with Gasteiger partial charge in [0, 0.05) is 51.9 Å². The lowest BCUT2D eigenvalue weighted by atomic mass is 10.00. The van der Waals surface area contributed by atoms with Crippen LogP contribution in [0.1, 0.15) is 73.4 Å². The second-order valence-electron chi connectivity index (χ2n) is 11.7. The Morgan fingerprint density at radius 3 is 2.13 bits per heavy atom. The molecule has 3 rings (SSSR count). The molecule has 0 saturated heterocycles. The van der Waals surface area contributed by atoms with Gasteiger partial charge in [-0.1, -0.05) is 18.2 Å². The minimum atomic E-state index is -0.707. The molecule has 0 aliphatic carbocycles. The number of pyridine rings is 1. The van der Waals surface area contributed by atoms with E-state index in [4.69, 9.17) is 0 Å².